The van der Waals surface area contributed by atoms with Crippen LogP contribution in [0, 0.1) is 11.3 Å². The molecular weight excluding hydrogens is 204 g/mol. The van der Waals surface area contributed by atoms with Crippen molar-refractivity contribution in [3.05, 3.63) is 48.7 Å². The van der Waals surface area contributed by atoms with E-state index in [0.29, 0.717) is 0 Å². The molecule has 0 N–H and O–H groups in total. The maximum absolute atomic E-state index is 11.8. The van der Waals surface area contributed by atoms with Gasteiger partial charge in [-0.25, -0.2) is 0 Å². The van der Waals surface area contributed by atoms with Crippen LogP contribution in [0.15, 0.2) is 47.5 Å². The number of furan rings is 1. The Bertz CT molecular complexity index is 492. The number of rotatable bonds is 3. The molecule has 4 nitrogen and oxygen atoms in total. The molecule has 80 valence electrons. The zero-order valence-corrected chi connectivity index (χ0v) is 8.54. The van der Waals surface area contributed by atoms with Gasteiger partial charge < -0.3 is 4.42 Å². The SMILES string of the molecule is N#C[C@@H](CC(=O)n1cccc1)c1ccoc1. The van der Waals surface area contributed by atoms with Crippen LogP contribution >= 0.6 is 0 Å². The molecule has 0 bridgehead atoms. The third-order valence-corrected chi connectivity index (χ3v) is 2.37. The lowest BCUT2D eigenvalue weighted by Gasteiger charge is -2.05. The molecule has 0 saturated carbocycles. The summed E-state index contributed by atoms with van der Waals surface area (Å²) in [5, 5.41) is 8.99. The summed E-state index contributed by atoms with van der Waals surface area (Å²) in [4.78, 5) is 11.8. The molecule has 16 heavy (non-hydrogen) atoms. The molecule has 0 aliphatic carbocycles. The Hall–Kier alpha value is -2.28. The highest BCUT2D eigenvalue weighted by molar-refractivity contribution is 5.80. The molecule has 2 heterocycles. The summed E-state index contributed by atoms with van der Waals surface area (Å²) in [5.41, 5.74) is 0.739. The first-order valence-corrected chi connectivity index (χ1v) is 4.89. The first-order valence-electron chi connectivity index (χ1n) is 4.89. The lowest BCUT2D eigenvalue weighted by atomic mass is 10.00. The number of carbonyl (C=O) groups excluding carboxylic acids is 1. The summed E-state index contributed by atoms with van der Waals surface area (Å²) in [6.07, 6.45) is 6.50. The van der Waals surface area contributed by atoms with Crippen LogP contribution in [0.25, 0.3) is 0 Å². The fraction of sp³-hybridized carbons (Fsp3) is 0.167. The second kappa shape index (κ2) is 4.49. The molecule has 0 aromatic carbocycles. The van der Waals surface area contributed by atoms with Gasteiger partial charge in [-0.1, -0.05) is 0 Å². The number of carbonyl (C=O) groups is 1. The van der Waals surface area contributed by atoms with Crippen LogP contribution in [0.4, 0.5) is 0 Å². The van der Waals surface area contributed by atoms with Crippen LogP contribution in [-0.2, 0) is 0 Å². The molecule has 2 aromatic rings. The van der Waals surface area contributed by atoms with Gasteiger partial charge in [0.2, 0.25) is 5.91 Å². The van der Waals surface area contributed by atoms with Gasteiger partial charge in [0.15, 0.2) is 0 Å². The van der Waals surface area contributed by atoms with Gasteiger partial charge in [-0.05, 0) is 18.2 Å². The van der Waals surface area contributed by atoms with Crippen LogP contribution in [0.2, 0.25) is 0 Å². The van der Waals surface area contributed by atoms with Crippen molar-refractivity contribution in [3.63, 3.8) is 0 Å². The summed E-state index contributed by atoms with van der Waals surface area (Å²) in [7, 11) is 0. The molecule has 2 aromatic heterocycles. The van der Waals surface area contributed by atoms with Gasteiger partial charge in [0.25, 0.3) is 0 Å². The van der Waals surface area contributed by atoms with Gasteiger partial charge in [0.1, 0.15) is 0 Å². The Morgan fingerprint density at radius 2 is 2.25 bits per heavy atom. The van der Waals surface area contributed by atoms with Crippen molar-refractivity contribution in [1.82, 2.24) is 4.57 Å². The molecule has 0 radical (unpaired) electrons. The Labute approximate surface area is 92.7 Å². The average Bonchev–Trinajstić information content (AvgIpc) is 2.96. The topological polar surface area (TPSA) is 58.9 Å². The Morgan fingerprint density at radius 1 is 1.50 bits per heavy atom. The molecule has 1 atom stereocenters. The minimum absolute atomic E-state index is 0.0993. The number of hydrogen-bond acceptors (Lipinski definition) is 3. The van der Waals surface area contributed by atoms with Crippen molar-refractivity contribution in [2.24, 2.45) is 0 Å². The normalized spacial score (nSPS) is 11.9. The maximum atomic E-state index is 11.8. The van der Waals surface area contributed by atoms with E-state index >= 15 is 0 Å². The highest BCUT2D eigenvalue weighted by atomic mass is 16.3. The average molecular weight is 214 g/mol. The van der Waals surface area contributed by atoms with Gasteiger partial charge in [-0.3, -0.25) is 9.36 Å². The van der Waals surface area contributed by atoms with Crippen LogP contribution < -0.4 is 0 Å². The highest BCUT2D eigenvalue weighted by Gasteiger charge is 2.17. The Balaban J connectivity index is 2.09. The number of nitrogens with zero attached hydrogens (tertiary/aromatic N) is 2. The Morgan fingerprint density at radius 3 is 2.81 bits per heavy atom. The quantitative estimate of drug-likeness (QED) is 0.788. The smallest absolute Gasteiger partial charge is 0.232 e. The zero-order valence-electron chi connectivity index (χ0n) is 8.54. The second-order valence-electron chi connectivity index (χ2n) is 3.43. The third kappa shape index (κ3) is 2.04. The van der Waals surface area contributed by atoms with E-state index in [4.69, 9.17) is 9.68 Å². The molecule has 0 aliphatic heterocycles. The lowest BCUT2D eigenvalue weighted by molar-refractivity contribution is 0.0899. The predicted molar refractivity (Wildman–Crippen MR) is 56.7 cm³/mol. The molecule has 4 heteroatoms. The molecule has 2 rings (SSSR count). The van der Waals surface area contributed by atoms with Crippen LogP contribution in [-0.4, -0.2) is 10.5 Å². The largest absolute Gasteiger partial charge is 0.472 e. The number of nitriles is 1. The van der Waals surface area contributed by atoms with Crippen molar-refractivity contribution >= 4 is 5.91 Å². The predicted octanol–water partition coefficient (Wildman–Crippen LogP) is 2.42. The van der Waals surface area contributed by atoms with Crippen molar-refractivity contribution < 1.29 is 9.21 Å². The minimum Gasteiger partial charge on any atom is -0.472 e. The van der Waals surface area contributed by atoms with E-state index in [-0.39, 0.29) is 12.3 Å². The molecule has 0 aliphatic rings. The molecule has 0 unspecified atom stereocenters. The van der Waals surface area contributed by atoms with Crippen LogP contribution in [0.3, 0.4) is 0 Å². The fourth-order valence-corrected chi connectivity index (χ4v) is 1.49. The van der Waals surface area contributed by atoms with Gasteiger partial charge >= 0.3 is 0 Å². The van der Waals surface area contributed by atoms with Crippen molar-refractivity contribution in [2.45, 2.75) is 12.3 Å². The summed E-state index contributed by atoms with van der Waals surface area (Å²) >= 11 is 0. The third-order valence-electron chi connectivity index (χ3n) is 2.37. The highest BCUT2D eigenvalue weighted by Crippen LogP contribution is 2.19. The van der Waals surface area contributed by atoms with Gasteiger partial charge in [0, 0.05) is 24.4 Å². The van der Waals surface area contributed by atoms with E-state index in [9.17, 15) is 4.79 Å². The van der Waals surface area contributed by atoms with Crippen LogP contribution in [0.1, 0.15) is 22.7 Å². The molecule has 0 fully saturated rings. The maximum Gasteiger partial charge on any atom is 0.232 e. The summed E-state index contributed by atoms with van der Waals surface area (Å²) in [6, 6.07) is 7.36. The summed E-state index contributed by atoms with van der Waals surface area (Å²) in [6.45, 7) is 0. The molecule has 0 amide bonds. The van der Waals surface area contributed by atoms with Gasteiger partial charge in [0.05, 0.1) is 24.5 Å². The standard InChI is InChI=1S/C12H10N2O2/c13-8-11(10-3-6-16-9-10)7-12(15)14-4-1-2-5-14/h1-6,9,11H,7H2/t11-/m1/s1. The summed E-state index contributed by atoms with van der Waals surface area (Å²) < 4.78 is 6.38. The van der Waals surface area contributed by atoms with E-state index in [1.807, 2.05) is 0 Å². The monoisotopic (exact) mass is 214 g/mol. The van der Waals surface area contributed by atoms with E-state index in [1.54, 1.807) is 30.6 Å². The summed E-state index contributed by atoms with van der Waals surface area (Å²) in [5.74, 6) is -0.550. The molecular formula is C12H10N2O2. The van der Waals surface area contributed by atoms with Gasteiger partial charge in [-0.2, -0.15) is 5.26 Å². The first kappa shape index (κ1) is 10.2. The van der Waals surface area contributed by atoms with E-state index in [2.05, 4.69) is 6.07 Å². The van der Waals surface area contributed by atoms with Crippen LogP contribution in [0.5, 0.6) is 0 Å². The molecule has 0 spiro atoms. The van der Waals surface area contributed by atoms with E-state index < -0.39 is 5.92 Å². The Kier molecular flexibility index (Phi) is 2.88. The first-order chi connectivity index (χ1) is 7.81. The molecule has 0 saturated heterocycles. The number of hydrogen-bond donors (Lipinski definition) is 0. The van der Waals surface area contributed by atoms with Crippen molar-refractivity contribution in [2.75, 3.05) is 0 Å². The van der Waals surface area contributed by atoms with E-state index in [0.717, 1.165) is 5.56 Å². The van der Waals surface area contributed by atoms with Crippen molar-refractivity contribution in [1.29, 1.82) is 5.26 Å². The fourth-order valence-electron chi connectivity index (χ4n) is 1.49. The van der Waals surface area contributed by atoms with E-state index in [1.165, 1.54) is 17.1 Å². The van der Waals surface area contributed by atoms with Crippen molar-refractivity contribution in [3.8, 4) is 6.07 Å². The lowest BCUT2D eigenvalue weighted by Crippen LogP contribution is -2.11. The second-order valence-corrected chi connectivity index (χ2v) is 3.43. The van der Waals surface area contributed by atoms with Gasteiger partial charge in [-0.15, -0.1) is 0 Å². The number of aromatic nitrogens is 1. The zero-order chi connectivity index (χ0) is 11.4. The minimum atomic E-state index is -0.450.